The first-order valence-electron chi connectivity index (χ1n) is 6.86. The van der Waals surface area contributed by atoms with E-state index in [1.54, 1.807) is 12.4 Å². The molecule has 0 unspecified atom stereocenters. The first-order chi connectivity index (χ1) is 10.1. The quantitative estimate of drug-likeness (QED) is 0.799. The van der Waals surface area contributed by atoms with Gasteiger partial charge in [-0.3, -0.25) is 0 Å². The SMILES string of the molecule is CC(C)n1ccnc1-c1cccc(-c2cnc(N)nc2)c1. The Morgan fingerprint density at radius 3 is 2.43 bits per heavy atom. The van der Waals surface area contributed by atoms with Gasteiger partial charge in [-0.05, 0) is 25.5 Å². The molecule has 0 radical (unpaired) electrons. The fourth-order valence-electron chi connectivity index (χ4n) is 2.28. The van der Waals surface area contributed by atoms with Crippen LogP contribution in [0.2, 0.25) is 0 Å². The number of anilines is 1. The third-order valence-corrected chi connectivity index (χ3v) is 3.35. The van der Waals surface area contributed by atoms with Crippen molar-refractivity contribution in [3.05, 3.63) is 49.1 Å². The molecule has 0 fully saturated rings. The van der Waals surface area contributed by atoms with Crippen LogP contribution in [0.25, 0.3) is 22.5 Å². The molecule has 0 atom stereocenters. The zero-order valence-electron chi connectivity index (χ0n) is 12.1. The van der Waals surface area contributed by atoms with Gasteiger partial charge >= 0.3 is 0 Å². The highest BCUT2D eigenvalue weighted by molar-refractivity contribution is 5.69. The zero-order valence-corrected chi connectivity index (χ0v) is 12.1. The number of aromatic nitrogens is 4. The van der Waals surface area contributed by atoms with Gasteiger partial charge in [0.15, 0.2) is 0 Å². The van der Waals surface area contributed by atoms with E-state index < -0.39 is 0 Å². The molecule has 0 saturated heterocycles. The van der Waals surface area contributed by atoms with Crippen LogP contribution in [0.1, 0.15) is 19.9 Å². The summed E-state index contributed by atoms with van der Waals surface area (Å²) in [5.41, 5.74) is 8.59. The van der Waals surface area contributed by atoms with E-state index in [9.17, 15) is 0 Å². The molecule has 0 aliphatic carbocycles. The van der Waals surface area contributed by atoms with E-state index in [2.05, 4.69) is 45.5 Å². The lowest BCUT2D eigenvalue weighted by Gasteiger charge is -2.12. The van der Waals surface area contributed by atoms with Gasteiger partial charge in [0.05, 0.1) is 0 Å². The summed E-state index contributed by atoms with van der Waals surface area (Å²) in [6, 6.07) is 8.56. The molecule has 5 nitrogen and oxygen atoms in total. The molecule has 2 aromatic heterocycles. The highest BCUT2D eigenvalue weighted by Gasteiger charge is 2.09. The van der Waals surface area contributed by atoms with Crippen molar-refractivity contribution in [2.24, 2.45) is 0 Å². The van der Waals surface area contributed by atoms with Crippen molar-refractivity contribution in [1.82, 2.24) is 19.5 Å². The van der Waals surface area contributed by atoms with Gasteiger partial charge in [0.2, 0.25) is 5.95 Å². The van der Waals surface area contributed by atoms with Crippen LogP contribution in [-0.2, 0) is 0 Å². The molecule has 2 heterocycles. The van der Waals surface area contributed by atoms with Gasteiger partial charge in [-0.1, -0.05) is 18.2 Å². The molecular weight excluding hydrogens is 262 g/mol. The average molecular weight is 279 g/mol. The van der Waals surface area contributed by atoms with Crippen LogP contribution < -0.4 is 5.73 Å². The van der Waals surface area contributed by atoms with E-state index in [0.29, 0.717) is 6.04 Å². The van der Waals surface area contributed by atoms with Gasteiger partial charge in [-0.25, -0.2) is 15.0 Å². The predicted molar refractivity (Wildman–Crippen MR) is 83.5 cm³/mol. The predicted octanol–water partition coefficient (Wildman–Crippen LogP) is 3.17. The molecule has 0 saturated carbocycles. The van der Waals surface area contributed by atoms with Crippen molar-refractivity contribution in [3.8, 4) is 22.5 Å². The van der Waals surface area contributed by atoms with Crippen LogP contribution in [0.5, 0.6) is 0 Å². The van der Waals surface area contributed by atoms with Gasteiger partial charge in [-0.2, -0.15) is 0 Å². The molecule has 0 aliphatic heterocycles. The van der Waals surface area contributed by atoms with Gasteiger partial charge in [0.1, 0.15) is 5.82 Å². The van der Waals surface area contributed by atoms with Crippen molar-refractivity contribution in [2.45, 2.75) is 19.9 Å². The van der Waals surface area contributed by atoms with E-state index in [1.165, 1.54) is 0 Å². The molecule has 0 aliphatic rings. The number of nitrogens with zero attached hydrogens (tertiary/aromatic N) is 4. The lowest BCUT2D eigenvalue weighted by Crippen LogP contribution is -2.01. The summed E-state index contributed by atoms with van der Waals surface area (Å²) in [4.78, 5) is 12.5. The maximum absolute atomic E-state index is 5.53. The molecular formula is C16H17N5. The van der Waals surface area contributed by atoms with Crippen molar-refractivity contribution in [1.29, 1.82) is 0 Å². The summed E-state index contributed by atoms with van der Waals surface area (Å²) in [6.45, 7) is 4.28. The Labute approximate surface area is 123 Å². The number of rotatable bonds is 3. The summed E-state index contributed by atoms with van der Waals surface area (Å²) in [5, 5.41) is 0. The molecule has 1 aromatic carbocycles. The van der Waals surface area contributed by atoms with E-state index in [1.807, 2.05) is 24.5 Å². The molecule has 5 heteroatoms. The third-order valence-electron chi connectivity index (χ3n) is 3.35. The lowest BCUT2D eigenvalue weighted by molar-refractivity contribution is 0.606. The minimum absolute atomic E-state index is 0.283. The van der Waals surface area contributed by atoms with Crippen molar-refractivity contribution in [2.75, 3.05) is 5.73 Å². The highest BCUT2D eigenvalue weighted by atomic mass is 15.1. The second kappa shape index (κ2) is 5.36. The molecule has 106 valence electrons. The molecule has 0 spiro atoms. The summed E-state index contributed by atoms with van der Waals surface area (Å²) in [7, 11) is 0. The minimum Gasteiger partial charge on any atom is -0.368 e. The first kappa shape index (κ1) is 13.3. The normalized spacial score (nSPS) is 11.0. The van der Waals surface area contributed by atoms with Crippen LogP contribution in [0.3, 0.4) is 0 Å². The molecule has 0 bridgehead atoms. The first-order valence-corrected chi connectivity index (χ1v) is 6.86. The number of nitrogen functional groups attached to an aromatic ring is 1. The summed E-state index contributed by atoms with van der Waals surface area (Å²) in [5.74, 6) is 1.24. The fraction of sp³-hybridized carbons (Fsp3) is 0.188. The summed E-state index contributed by atoms with van der Waals surface area (Å²) < 4.78 is 2.15. The Hall–Kier alpha value is -2.69. The highest BCUT2D eigenvalue weighted by Crippen LogP contribution is 2.26. The maximum Gasteiger partial charge on any atom is 0.219 e. The molecule has 3 aromatic rings. The second-order valence-corrected chi connectivity index (χ2v) is 5.16. The summed E-state index contributed by atoms with van der Waals surface area (Å²) in [6.07, 6.45) is 7.29. The molecule has 0 amide bonds. The second-order valence-electron chi connectivity index (χ2n) is 5.16. The fourth-order valence-corrected chi connectivity index (χ4v) is 2.28. The third kappa shape index (κ3) is 2.63. The largest absolute Gasteiger partial charge is 0.368 e. The van der Waals surface area contributed by atoms with Crippen molar-refractivity contribution >= 4 is 5.95 Å². The Balaban J connectivity index is 2.04. The Morgan fingerprint density at radius 1 is 1.00 bits per heavy atom. The Morgan fingerprint density at radius 2 is 1.71 bits per heavy atom. The van der Waals surface area contributed by atoms with Crippen molar-refractivity contribution in [3.63, 3.8) is 0 Å². The van der Waals surface area contributed by atoms with Crippen LogP contribution in [0.4, 0.5) is 5.95 Å². The van der Waals surface area contributed by atoms with Crippen LogP contribution in [0, 0.1) is 0 Å². The number of nitrogens with two attached hydrogens (primary N) is 1. The number of hydrogen-bond donors (Lipinski definition) is 1. The van der Waals surface area contributed by atoms with E-state index in [-0.39, 0.29) is 5.95 Å². The maximum atomic E-state index is 5.53. The van der Waals surface area contributed by atoms with Gasteiger partial charge in [0.25, 0.3) is 0 Å². The number of benzene rings is 1. The smallest absolute Gasteiger partial charge is 0.219 e. The van der Waals surface area contributed by atoms with Crippen LogP contribution >= 0.6 is 0 Å². The van der Waals surface area contributed by atoms with E-state index in [4.69, 9.17) is 5.73 Å². The van der Waals surface area contributed by atoms with E-state index >= 15 is 0 Å². The van der Waals surface area contributed by atoms with Crippen molar-refractivity contribution < 1.29 is 0 Å². The standard InChI is InChI=1S/C16H17N5/c1-11(2)21-7-6-18-15(21)13-5-3-4-12(8-13)14-9-19-16(17)20-10-14/h3-11H,1-2H3,(H2,17,19,20). The summed E-state index contributed by atoms with van der Waals surface area (Å²) >= 11 is 0. The molecule has 2 N–H and O–H groups in total. The Bertz CT molecular complexity index is 743. The van der Waals surface area contributed by atoms with Gasteiger partial charge < -0.3 is 10.3 Å². The molecule has 3 rings (SSSR count). The van der Waals surface area contributed by atoms with Crippen LogP contribution in [0.15, 0.2) is 49.1 Å². The molecule has 21 heavy (non-hydrogen) atoms. The van der Waals surface area contributed by atoms with Crippen LogP contribution in [-0.4, -0.2) is 19.5 Å². The van der Waals surface area contributed by atoms with Gasteiger partial charge in [0, 0.05) is 42.0 Å². The lowest BCUT2D eigenvalue weighted by atomic mass is 10.1. The average Bonchev–Trinajstić information content (AvgIpc) is 2.98. The van der Waals surface area contributed by atoms with Gasteiger partial charge in [-0.15, -0.1) is 0 Å². The minimum atomic E-state index is 0.283. The topological polar surface area (TPSA) is 69.6 Å². The zero-order chi connectivity index (χ0) is 14.8. The number of imidazole rings is 1. The number of hydrogen-bond acceptors (Lipinski definition) is 4. The monoisotopic (exact) mass is 279 g/mol. The Kier molecular flexibility index (Phi) is 3.39. The van der Waals surface area contributed by atoms with E-state index in [0.717, 1.165) is 22.5 Å².